The first-order chi connectivity index (χ1) is 14.1. The lowest BCUT2D eigenvalue weighted by Gasteiger charge is -2.22. The smallest absolute Gasteiger partial charge is 0.183 e. The van der Waals surface area contributed by atoms with Crippen LogP contribution in [0.2, 0.25) is 0 Å². The fraction of sp³-hybridized carbons (Fsp3) is 0.429. The summed E-state index contributed by atoms with van der Waals surface area (Å²) in [5, 5.41) is 8.67. The number of aromatic nitrogens is 3. The van der Waals surface area contributed by atoms with Gasteiger partial charge in [0.2, 0.25) is 0 Å². The fourth-order valence-electron chi connectivity index (χ4n) is 3.42. The predicted octanol–water partition coefficient (Wildman–Crippen LogP) is 4.64. The van der Waals surface area contributed by atoms with E-state index in [1.54, 1.807) is 12.1 Å². The van der Waals surface area contributed by atoms with Gasteiger partial charge in [0.25, 0.3) is 0 Å². The van der Waals surface area contributed by atoms with Crippen LogP contribution >= 0.6 is 11.3 Å². The summed E-state index contributed by atoms with van der Waals surface area (Å²) >= 11 is 1.53. The van der Waals surface area contributed by atoms with Gasteiger partial charge in [-0.2, -0.15) is 5.10 Å². The molecule has 0 amide bonds. The van der Waals surface area contributed by atoms with Gasteiger partial charge in [0.15, 0.2) is 5.13 Å². The van der Waals surface area contributed by atoms with Gasteiger partial charge in [-0.1, -0.05) is 17.4 Å². The van der Waals surface area contributed by atoms with Crippen molar-refractivity contribution in [2.45, 2.75) is 45.4 Å². The van der Waals surface area contributed by atoms with Crippen molar-refractivity contribution in [3.8, 4) is 16.3 Å². The first-order valence-corrected chi connectivity index (χ1v) is 10.6. The summed E-state index contributed by atoms with van der Waals surface area (Å²) in [6.45, 7) is 3.94. The molecule has 1 aromatic carbocycles. The number of aryl methyl sites for hydroxylation is 1. The molecule has 29 heavy (non-hydrogen) atoms. The molecule has 1 saturated heterocycles. The predicted molar refractivity (Wildman–Crippen MR) is 112 cm³/mol. The van der Waals surface area contributed by atoms with Crippen LogP contribution in [-0.4, -0.2) is 34.6 Å². The number of benzene rings is 1. The maximum atomic E-state index is 14.1. The molecule has 1 atom stereocenters. The first kappa shape index (κ1) is 19.8. The number of hydrogen-bond acceptors (Lipinski definition) is 6. The summed E-state index contributed by atoms with van der Waals surface area (Å²) in [4.78, 5) is 5.60. The van der Waals surface area contributed by atoms with E-state index in [0.29, 0.717) is 17.9 Å². The Bertz CT molecular complexity index is 965. The number of methoxy groups -OCH3 is 1. The molecular weight excluding hydrogens is 391 g/mol. The zero-order chi connectivity index (χ0) is 20.2. The van der Waals surface area contributed by atoms with Crippen LogP contribution in [-0.2, 0) is 17.8 Å². The van der Waals surface area contributed by atoms with Crippen molar-refractivity contribution in [1.29, 1.82) is 0 Å². The summed E-state index contributed by atoms with van der Waals surface area (Å²) in [6.07, 6.45) is 5.70. The van der Waals surface area contributed by atoms with Gasteiger partial charge in [0, 0.05) is 31.0 Å². The van der Waals surface area contributed by atoms with Gasteiger partial charge >= 0.3 is 0 Å². The van der Waals surface area contributed by atoms with Crippen molar-refractivity contribution in [1.82, 2.24) is 14.8 Å². The highest BCUT2D eigenvalue weighted by molar-refractivity contribution is 7.19. The van der Waals surface area contributed by atoms with E-state index in [4.69, 9.17) is 14.6 Å². The van der Waals surface area contributed by atoms with Crippen molar-refractivity contribution in [3.05, 3.63) is 47.5 Å². The van der Waals surface area contributed by atoms with E-state index in [1.807, 2.05) is 23.9 Å². The number of halogens is 1. The Kier molecular flexibility index (Phi) is 6.10. The zero-order valence-electron chi connectivity index (χ0n) is 16.7. The third-order valence-electron chi connectivity index (χ3n) is 5.02. The summed E-state index contributed by atoms with van der Waals surface area (Å²) in [5.74, 6) is 0.210. The SMILES string of the molecule is COc1ccc(CNc2nc(C)c(-c3ccn(CC4CCCCO4)n3)s2)c(F)c1. The van der Waals surface area contributed by atoms with Crippen LogP contribution in [0.3, 0.4) is 0 Å². The van der Waals surface area contributed by atoms with Gasteiger partial charge in [0.1, 0.15) is 17.3 Å². The van der Waals surface area contributed by atoms with Crippen LogP contribution in [0.5, 0.6) is 5.75 Å². The molecule has 1 N–H and O–H groups in total. The molecule has 1 aliphatic heterocycles. The average Bonchev–Trinajstić information content (AvgIpc) is 3.34. The molecule has 2 aromatic heterocycles. The maximum Gasteiger partial charge on any atom is 0.183 e. The molecule has 0 bridgehead atoms. The van der Waals surface area contributed by atoms with Crippen LogP contribution in [0.15, 0.2) is 30.5 Å². The number of thiazole rings is 1. The molecule has 6 nitrogen and oxygen atoms in total. The number of nitrogens with one attached hydrogen (secondary N) is 1. The third-order valence-corrected chi connectivity index (χ3v) is 6.16. The molecule has 4 rings (SSSR count). The van der Waals surface area contributed by atoms with Gasteiger partial charge in [-0.25, -0.2) is 9.37 Å². The molecule has 0 aliphatic carbocycles. The van der Waals surface area contributed by atoms with Crippen molar-refractivity contribution in [2.24, 2.45) is 0 Å². The van der Waals surface area contributed by atoms with Gasteiger partial charge in [-0.05, 0) is 38.3 Å². The molecule has 0 radical (unpaired) electrons. The van der Waals surface area contributed by atoms with E-state index in [0.717, 1.165) is 47.4 Å². The van der Waals surface area contributed by atoms with Crippen LogP contribution in [0.25, 0.3) is 10.6 Å². The molecule has 1 fully saturated rings. The van der Waals surface area contributed by atoms with E-state index in [-0.39, 0.29) is 11.9 Å². The summed E-state index contributed by atoms with van der Waals surface area (Å²) in [7, 11) is 1.52. The van der Waals surface area contributed by atoms with Crippen molar-refractivity contribution in [3.63, 3.8) is 0 Å². The lowest BCUT2D eigenvalue weighted by molar-refractivity contribution is 0.00403. The lowest BCUT2D eigenvalue weighted by atomic mass is 10.1. The molecule has 3 heterocycles. The lowest BCUT2D eigenvalue weighted by Crippen LogP contribution is -2.24. The zero-order valence-corrected chi connectivity index (χ0v) is 17.5. The Hall–Kier alpha value is -2.45. The van der Waals surface area contributed by atoms with Gasteiger partial charge in [0.05, 0.1) is 30.3 Å². The Labute approximate surface area is 173 Å². The third kappa shape index (κ3) is 4.76. The summed E-state index contributed by atoms with van der Waals surface area (Å²) < 4.78 is 26.9. The Morgan fingerprint density at radius 3 is 3.00 bits per heavy atom. The molecule has 8 heteroatoms. The Morgan fingerprint density at radius 1 is 1.34 bits per heavy atom. The molecule has 154 valence electrons. The monoisotopic (exact) mass is 416 g/mol. The first-order valence-electron chi connectivity index (χ1n) is 9.81. The Balaban J connectivity index is 1.41. The van der Waals surface area contributed by atoms with Crippen LogP contribution in [0.1, 0.15) is 30.5 Å². The van der Waals surface area contributed by atoms with Crippen LogP contribution < -0.4 is 10.1 Å². The largest absolute Gasteiger partial charge is 0.497 e. The highest BCUT2D eigenvalue weighted by atomic mass is 32.1. The minimum absolute atomic E-state index is 0.246. The molecule has 0 spiro atoms. The highest BCUT2D eigenvalue weighted by Crippen LogP contribution is 2.32. The fourth-order valence-corrected chi connectivity index (χ4v) is 4.35. The highest BCUT2D eigenvalue weighted by Gasteiger charge is 2.17. The Morgan fingerprint density at radius 2 is 2.24 bits per heavy atom. The van der Waals surface area contributed by atoms with E-state index in [2.05, 4.69) is 10.3 Å². The van der Waals surface area contributed by atoms with E-state index in [9.17, 15) is 4.39 Å². The number of ether oxygens (including phenoxy) is 2. The molecule has 1 aliphatic rings. The van der Waals surface area contributed by atoms with Gasteiger partial charge in [-0.15, -0.1) is 0 Å². The molecule has 1 unspecified atom stereocenters. The molecule has 0 saturated carbocycles. The number of anilines is 1. The van der Waals surface area contributed by atoms with Gasteiger partial charge in [-0.3, -0.25) is 4.68 Å². The van der Waals surface area contributed by atoms with E-state index >= 15 is 0 Å². The molecular formula is C21H25FN4O2S. The second-order valence-electron chi connectivity index (χ2n) is 7.16. The number of nitrogens with zero attached hydrogens (tertiary/aromatic N) is 3. The number of rotatable bonds is 7. The second kappa shape index (κ2) is 8.92. The normalized spacial score (nSPS) is 16.7. The van der Waals surface area contributed by atoms with Crippen LogP contribution in [0, 0.1) is 12.7 Å². The van der Waals surface area contributed by atoms with Crippen molar-refractivity contribution < 1.29 is 13.9 Å². The quantitative estimate of drug-likeness (QED) is 0.608. The van der Waals surface area contributed by atoms with E-state index in [1.165, 1.54) is 30.9 Å². The van der Waals surface area contributed by atoms with Gasteiger partial charge < -0.3 is 14.8 Å². The maximum absolute atomic E-state index is 14.1. The minimum atomic E-state index is -0.297. The standard InChI is InChI=1S/C21H25FN4O2S/c1-14-20(19-8-9-26(25-19)13-17-5-3-4-10-28-17)29-21(24-14)23-12-15-6-7-16(27-2)11-18(15)22/h6-9,11,17H,3-5,10,12-13H2,1-2H3,(H,23,24). The topological polar surface area (TPSA) is 61.2 Å². The summed E-state index contributed by atoms with van der Waals surface area (Å²) in [6, 6.07) is 6.87. The van der Waals surface area contributed by atoms with Crippen molar-refractivity contribution in [2.75, 3.05) is 19.0 Å². The summed E-state index contributed by atoms with van der Waals surface area (Å²) in [5.41, 5.74) is 2.38. The average molecular weight is 417 g/mol. The molecule has 3 aromatic rings. The van der Waals surface area contributed by atoms with Crippen molar-refractivity contribution >= 4 is 16.5 Å². The second-order valence-corrected chi connectivity index (χ2v) is 8.16. The minimum Gasteiger partial charge on any atom is -0.497 e. The van der Waals surface area contributed by atoms with Crippen LogP contribution in [0.4, 0.5) is 9.52 Å². The van der Waals surface area contributed by atoms with E-state index < -0.39 is 0 Å². The number of hydrogen-bond donors (Lipinski definition) is 1.